The number of ketones is 1. The second kappa shape index (κ2) is 9.62. The first-order valence-corrected chi connectivity index (χ1v) is 12.6. The summed E-state index contributed by atoms with van der Waals surface area (Å²) in [5.74, 6) is -1.45. The molecule has 1 aromatic heterocycles. The summed E-state index contributed by atoms with van der Waals surface area (Å²) in [5, 5.41) is 3.04. The average molecular weight is 484 g/mol. The van der Waals surface area contributed by atoms with Crippen LogP contribution >= 0.6 is 0 Å². The van der Waals surface area contributed by atoms with Crippen LogP contribution in [0, 0.1) is 29.1 Å². The minimum absolute atomic E-state index is 0.00418. The van der Waals surface area contributed by atoms with E-state index in [1.807, 2.05) is 0 Å². The second-order valence-electron chi connectivity index (χ2n) is 11.7. The van der Waals surface area contributed by atoms with Crippen molar-refractivity contribution in [3.05, 3.63) is 24.3 Å². The van der Waals surface area contributed by atoms with Gasteiger partial charge in [-0.3, -0.25) is 19.4 Å². The van der Waals surface area contributed by atoms with E-state index in [-0.39, 0.29) is 41.8 Å². The predicted molar refractivity (Wildman–Crippen MR) is 130 cm³/mol. The standard InChI is InChI=1S/C25H37BN4O5/c1-14(2)8-21(26-34-20-12-16-11-19(24(16,3)4)25(20,5)35-26)30-23(33)15(10-22(27)32)9-18(31)17-13-28-6-7-29-17/h6-7,13-16,19-21H,8-12H2,1-5H3,(H2,27,32)(H,30,33)/t15-,16+,19+,20+,21-,25-/m0/s1. The second-order valence-corrected chi connectivity index (χ2v) is 11.7. The molecule has 1 aliphatic heterocycles. The van der Waals surface area contributed by atoms with E-state index in [4.69, 9.17) is 15.0 Å². The third kappa shape index (κ3) is 5.00. The highest BCUT2D eigenvalue weighted by atomic mass is 16.7. The van der Waals surface area contributed by atoms with E-state index >= 15 is 0 Å². The van der Waals surface area contributed by atoms with Crippen LogP contribution < -0.4 is 11.1 Å². The van der Waals surface area contributed by atoms with Crippen molar-refractivity contribution in [3.63, 3.8) is 0 Å². The molecule has 0 aromatic carbocycles. The van der Waals surface area contributed by atoms with Crippen molar-refractivity contribution in [1.29, 1.82) is 0 Å². The average Bonchev–Trinajstić information content (AvgIpc) is 3.15. The minimum atomic E-state index is -0.914. The van der Waals surface area contributed by atoms with Crippen LogP contribution in [-0.2, 0) is 18.9 Å². The van der Waals surface area contributed by atoms with E-state index < -0.39 is 36.4 Å². The number of nitrogens with zero attached hydrogens (tertiary/aromatic N) is 2. The quantitative estimate of drug-likeness (QED) is 0.385. The van der Waals surface area contributed by atoms with Crippen LogP contribution in [0.4, 0.5) is 0 Å². The van der Waals surface area contributed by atoms with Crippen LogP contribution in [0.15, 0.2) is 18.6 Å². The van der Waals surface area contributed by atoms with Gasteiger partial charge in [0.05, 0.1) is 29.8 Å². The number of amides is 2. The lowest BCUT2D eigenvalue weighted by Gasteiger charge is -2.64. The molecule has 1 aromatic rings. The third-order valence-corrected chi connectivity index (χ3v) is 8.45. The van der Waals surface area contributed by atoms with Gasteiger partial charge in [-0.15, -0.1) is 0 Å². The lowest BCUT2D eigenvalue weighted by molar-refractivity contribution is -0.199. The number of rotatable bonds is 10. The van der Waals surface area contributed by atoms with Gasteiger partial charge in [0.2, 0.25) is 11.8 Å². The molecule has 9 nitrogen and oxygen atoms in total. The van der Waals surface area contributed by atoms with Crippen molar-refractivity contribution in [1.82, 2.24) is 15.3 Å². The molecule has 5 rings (SSSR count). The van der Waals surface area contributed by atoms with Crippen LogP contribution in [0.5, 0.6) is 0 Å². The lowest BCUT2D eigenvalue weighted by atomic mass is 9.43. The Bertz CT molecular complexity index is 974. The number of carbonyl (C=O) groups is 3. The van der Waals surface area contributed by atoms with Crippen LogP contribution in [0.1, 0.15) is 77.2 Å². The molecule has 2 heterocycles. The minimum Gasteiger partial charge on any atom is -0.404 e. The van der Waals surface area contributed by atoms with E-state index in [1.165, 1.54) is 18.6 Å². The van der Waals surface area contributed by atoms with Gasteiger partial charge in [0.25, 0.3) is 0 Å². The van der Waals surface area contributed by atoms with Crippen molar-refractivity contribution >= 4 is 24.7 Å². The Hall–Kier alpha value is -2.33. The third-order valence-electron chi connectivity index (χ3n) is 8.45. The van der Waals surface area contributed by atoms with Gasteiger partial charge in [0.1, 0.15) is 5.69 Å². The number of hydrogen-bond donors (Lipinski definition) is 2. The van der Waals surface area contributed by atoms with Gasteiger partial charge in [-0.1, -0.05) is 27.7 Å². The zero-order valence-electron chi connectivity index (χ0n) is 21.3. The van der Waals surface area contributed by atoms with Gasteiger partial charge in [0.15, 0.2) is 5.78 Å². The molecular weight excluding hydrogens is 447 g/mol. The Morgan fingerprint density at radius 2 is 1.94 bits per heavy atom. The highest BCUT2D eigenvalue weighted by Gasteiger charge is 2.68. The monoisotopic (exact) mass is 484 g/mol. The summed E-state index contributed by atoms with van der Waals surface area (Å²) in [4.78, 5) is 45.7. The largest absolute Gasteiger partial charge is 0.481 e. The lowest BCUT2D eigenvalue weighted by Crippen LogP contribution is -2.65. The van der Waals surface area contributed by atoms with E-state index in [1.54, 1.807) is 0 Å². The molecule has 3 saturated carbocycles. The van der Waals surface area contributed by atoms with Crippen molar-refractivity contribution in [3.8, 4) is 0 Å². The molecule has 190 valence electrons. The number of nitrogens with two attached hydrogens (primary N) is 1. The molecule has 2 bridgehead atoms. The molecule has 6 atom stereocenters. The van der Waals surface area contributed by atoms with Gasteiger partial charge in [-0.25, -0.2) is 4.98 Å². The first-order valence-electron chi connectivity index (χ1n) is 12.6. The number of hydrogen-bond acceptors (Lipinski definition) is 7. The summed E-state index contributed by atoms with van der Waals surface area (Å²) < 4.78 is 13.0. The smallest absolute Gasteiger partial charge is 0.404 e. The van der Waals surface area contributed by atoms with Gasteiger partial charge in [-0.05, 0) is 49.4 Å². The maximum absolute atomic E-state index is 13.3. The fraction of sp³-hybridized carbons (Fsp3) is 0.720. The Balaban J connectivity index is 1.48. The Morgan fingerprint density at radius 1 is 1.20 bits per heavy atom. The number of primary amides is 1. The van der Waals surface area contributed by atoms with E-state index in [2.05, 4.69) is 49.9 Å². The normalized spacial score (nSPS) is 30.2. The molecule has 2 amide bonds. The van der Waals surface area contributed by atoms with Crippen LogP contribution in [0.25, 0.3) is 0 Å². The van der Waals surface area contributed by atoms with Crippen LogP contribution in [0.3, 0.4) is 0 Å². The van der Waals surface area contributed by atoms with Crippen LogP contribution in [-0.4, -0.2) is 52.3 Å². The number of nitrogens with one attached hydrogen (secondary N) is 1. The van der Waals surface area contributed by atoms with Gasteiger partial charge in [0, 0.05) is 25.2 Å². The molecule has 4 aliphatic rings. The number of carbonyl (C=O) groups excluding carboxylic acids is 3. The summed E-state index contributed by atoms with van der Waals surface area (Å²) in [6, 6.07) is 0. The summed E-state index contributed by atoms with van der Waals surface area (Å²) in [6.07, 6.45) is 6.52. The van der Waals surface area contributed by atoms with Crippen LogP contribution in [0.2, 0.25) is 0 Å². The first kappa shape index (κ1) is 25.8. The zero-order valence-corrected chi connectivity index (χ0v) is 21.3. The summed E-state index contributed by atoms with van der Waals surface area (Å²) in [6.45, 7) is 10.9. The van der Waals surface area contributed by atoms with Crippen molar-refractivity contribution in [2.75, 3.05) is 0 Å². The topological polar surface area (TPSA) is 134 Å². The van der Waals surface area contributed by atoms with Gasteiger partial charge >= 0.3 is 7.12 Å². The molecule has 35 heavy (non-hydrogen) atoms. The summed E-state index contributed by atoms with van der Waals surface area (Å²) >= 11 is 0. The maximum atomic E-state index is 13.3. The molecule has 0 radical (unpaired) electrons. The molecule has 0 unspecified atom stereocenters. The Kier molecular flexibility index (Phi) is 7.08. The number of aromatic nitrogens is 2. The Labute approximate surface area is 207 Å². The predicted octanol–water partition coefficient (Wildman–Crippen LogP) is 2.34. The first-order chi connectivity index (χ1) is 16.4. The zero-order chi connectivity index (χ0) is 25.5. The molecule has 10 heteroatoms. The van der Waals surface area contributed by atoms with E-state index in [0.29, 0.717) is 18.3 Å². The fourth-order valence-corrected chi connectivity index (χ4v) is 6.39. The highest BCUT2D eigenvalue weighted by Crippen LogP contribution is 2.65. The van der Waals surface area contributed by atoms with Crippen molar-refractivity contribution in [2.45, 2.75) is 84.4 Å². The number of Topliss-reactive ketones (excluding diaryl/α,β-unsaturated/α-hetero) is 1. The molecule has 0 spiro atoms. The van der Waals surface area contributed by atoms with Gasteiger partial charge in [-0.2, -0.15) is 0 Å². The van der Waals surface area contributed by atoms with Crippen molar-refractivity contribution < 1.29 is 23.7 Å². The summed E-state index contributed by atoms with van der Waals surface area (Å²) in [5.41, 5.74) is 5.39. The molecule has 4 fully saturated rings. The highest BCUT2D eigenvalue weighted by molar-refractivity contribution is 6.47. The van der Waals surface area contributed by atoms with E-state index in [9.17, 15) is 14.4 Å². The molecule has 1 saturated heterocycles. The van der Waals surface area contributed by atoms with Crippen molar-refractivity contribution in [2.24, 2.45) is 34.8 Å². The Morgan fingerprint density at radius 3 is 2.54 bits per heavy atom. The molecule has 3 N–H and O–H groups in total. The van der Waals surface area contributed by atoms with E-state index in [0.717, 1.165) is 12.8 Å². The SMILES string of the molecule is CC(C)C[C@H](NC(=O)[C@H](CC(N)=O)CC(=O)c1cnccn1)B1O[C@@H]2C[C@H]3C[C@H](C3(C)C)[C@]2(C)O1. The maximum Gasteiger partial charge on any atom is 0.481 e. The molecule has 3 aliphatic carbocycles. The summed E-state index contributed by atoms with van der Waals surface area (Å²) in [7, 11) is -0.587. The molecular formula is C25H37BN4O5. The van der Waals surface area contributed by atoms with Gasteiger partial charge < -0.3 is 20.4 Å². The fourth-order valence-electron chi connectivity index (χ4n) is 6.39.